The van der Waals surface area contributed by atoms with Gasteiger partial charge in [0.2, 0.25) is 0 Å². The Bertz CT molecular complexity index is 777. The first-order valence-electron chi connectivity index (χ1n) is 6.48. The second-order valence-corrected chi connectivity index (χ2v) is 9.14. The van der Waals surface area contributed by atoms with Crippen LogP contribution < -0.4 is 4.72 Å². The van der Waals surface area contributed by atoms with Crippen molar-refractivity contribution in [3.63, 3.8) is 0 Å². The van der Waals surface area contributed by atoms with Crippen molar-refractivity contribution in [1.29, 1.82) is 0 Å². The van der Waals surface area contributed by atoms with Crippen LogP contribution in [-0.4, -0.2) is 30.5 Å². The normalized spacial score (nSPS) is 13.5. The second kappa shape index (κ2) is 6.45. The molecular formula is C13H16N2O4S3. The average molecular weight is 360 g/mol. The van der Waals surface area contributed by atoms with Gasteiger partial charge in [0.25, 0.3) is 10.0 Å². The van der Waals surface area contributed by atoms with Gasteiger partial charge in [0.05, 0.1) is 15.6 Å². The van der Waals surface area contributed by atoms with Crippen LogP contribution in [-0.2, 0) is 14.8 Å². The monoisotopic (exact) mass is 360 g/mol. The van der Waals surface area contributed by atoms with E-state index in [1.807, 2.05) is 12.3 Å². The molecule has 0 aliphatic carbocycles. The van der Waals surface area contributed by atoms with E-state index in [2.05, 4.69) is 9.71 Å². The highest BCUT2D eigenvalue weighted by atomic mass is 32.2. The molecule has 0 amide bonds. The van der Waals surface area contributed by atoms with Crippen LogP contribution in [0.5, 0.6) is 0 Å². The first kappa shape index (κ1) is 17.1. The van der Waals surface area contributed by atoms with E-state index in [9.17, 15) is 13.2 Å². The second-order valence-electron chi connectivity index (χ2n) is 5.05. The third-order valence-electron chi connectivity index (χ3n) is 2.93. The van der Waals surface area contributed by atoms with Crippen molar-refractivity contribution in [2.45, 2.75) is 31.0 Å². The van der Waals surface area contributed by atoms with E-state index in [0.717, 1.165) is 26.9 Å². The Kier molecular flexibility index (Phi) is 5.00. The molecule has 0 radical (unpaired) electrons. The third kappa shape index (κ3) is 3.72. The number of carboxylic acids is 1. The molecule has 2 rings (SSSR count). The average Bonchev–Trinajstić information content (AvgIpc) is 3.03. The number of aryl methyl sites for hydroxylation is 1. The van der Waals surface area contributed by atoms with Gasteiger partial charge in [-0.15, -0.1) is 22.7 Å². The van der Waals surface area contributed by atoms with E-state index in [-0.39, 0.29) is 10.1 Å². The molecule has 0 fully saturated rings. The number of aliphatic carboxylic acids is 1. The molecule has 0 aromatic carbocycles. The molecule has 6 nitrogen and oxygen atoms in total. The first-order chi connectivity index (χ1) is 10.2. The van der Waals surface area contributed by atoms with Gasteiger partial charge in [-0.2, -0.15) is 4.72 Å². The third-order valence-corrected chi connectivity index (χ3v) is 6.75. The lowest BCUT2D eigenvalue weighted by molar-refractivity contribution is -0.140. The number of carbonyl (C=O) groups is 1. The predicted molar refractivity (Wildman–Crippen MR) is 86.7 cm³/mol. The zero-order valence-electron chi connectivity index (χ0n) is 12.2. The topological polar surface area (TPSA) is 96.4 Å². The molecule has 120 valence electrons. The van der Waals surface area contributed by atoms with Crippen LogP contribution in [0.3, 0.4) is 0 Å². The summed E-state index contributed by atoms with van der Waals surface area (Å²) in [6.45, 7) is 5.18. The van der Waals surface area contributed by atoms with Gasteiger partial charge in [-0.05, 0) is 25.0 Å². The molecule has 0 saturated carbocycles. The van der Waals surface area contributed by atoms with Crippen LogP contribution in [0.2, 0.25) is 0 Å². The van der Waals surface area contributed by atoms with E-state index < -0.39 is 22.0 Å². The van der Waals surface area contributed by atoms with E-state index in [1.54, 1.807) is 19.9 Å². The number of sulfonamides is 1. The van der Waals surface area contributed by atoms with Crippen molar-refractivity contribution in [3.05, 3.63) is 22.5 Å². The summed E-state index contributed by atoms with van der Waals surface area (Å²) in [5.41, 5.74) is 0.729. The highest BCUT2D eigenvalue weighted by Gasteiger charge is 2.29. The summed E-state index contributed by atoms with van der Waals surface area (Å²) >= 11 is 2.56. The number of aromatic nitrogens is 1. The van der Waals surface area contributed by atoms with Crippen molar-refractivity contribution >= 4 is 38.7 Å². The maximum absolute atomic E-state index is 12.3. The minimum atomic E-state index is -3.87. The van der Waals surface area contributed by atoms with Crippen LogP contribution in [0.1, 0.15) is 18.9 Å². The maximum Gasteiger partial charge on any atom is 0.322 e. The van der Waals surface area contributed by atoms with Crippen LogP contribution in [0.25, 0.3) is 10.6 Å². The molecule has 2 N–H and O–H groups in total. The smallest absolute Gasteiger partial charge is 0.322 e. The minimum absolute atomic E-state index is 0.0834. The van der Waals surface area contributed by atoms with Crippen LogP contribution in [0.4, 0.5) is 0 Å². The predicted octanol–water partition coefficient (Wildman–Crippen LogP) is 2.57. The number of hydrogen-bond donors (Lipinski definition) is 2. The standard InChI is InChI=1S/C13H16N2O4S3/c1-7(2)12(13(16)17)15-22(18,19)11-5-4-10(21-11)9-6-20-8(3)14-9/h4-7,12,15H,1-3H3,(H,16,17)/t12-/m0/s1. The highest BCUT2D eigenvalue weighted by Crippen LogP contribution is 2.31. The van der Waals surface area contributed by atoms with Gasteiger partial charge in [-0.3, -0.25) is 4.79 Å². The molecule has 0 bridgehead atoms. The number of carboxylic acid groups (broad SMARTS) is 1. The largest absolute Gasteiger partial charge is 0.480 e. The Balaban J connectivity index is 2.27. The van der Waals surface area contributed by atoms with Crippen molar-refractivity contribution in [2.24, 2.45) is 5.92 Å². The number of nitrogens with zero attached hydrogens (tertiary/aromatic N) is 1. The summed E-state index contributed by atoms with van der Waals surface area (Å²) in [6.07, 6.45) is 0. The molecule has 1 atom stereocenters. The van der Waals surface area contributed by atoms with Gasteiger partial charge in [0, 0.05) is 5.38 Å². The van der Waals surface area contributed by atoms with Gasteiger partial charge in [0.1, 0.15) is 10.3 Å². The van der Waals surface area contributed by atoms with Gasteiger partial charge in [0.15, 0.2) is 0 Å². The molecule has 0 aliphatic heterocycles. The summed E-state index contributed by atoms with van der Waals surface area (Å²) in [5, 5.41) is 11.9. The van der Waals surface area contributed by atoms with E-state index in [0.29, 0.717) is 0 Å². The fraction of sp³-hybridized carbons (Fsp3) is 0.385. The maximum atomic E-state index is 12.3. The van der Waals surface area contributed by atoms with Crippen LogP contribution in [0, 0.1) is 12.8 Å². The fourth-order valence-corrected chi connectivity index (χ4v) is 5.08. The van der Waals surface area contributed by atoms with Crippen LogP contribution in [0.15, 0.2) is 21.7 Å². The number of thiazole rings is 1. The lowest BCUT2D eigenvalue weighted by atomic mass is 10.1. The molecule has 0 saturated heterocycles. The van der Waals surface area contributed by atoms with Crippen molar-refractivity contribution in [2.75, 3.05) is 0 Å². The Hall–Kier alpha value is -1.29. The zero-order valence-corrected chi connectivity index (χ0v) is 14.7. The Morgan fingerprint density at radius 3 is 2.55 bits per heavy atom. The fourth-order valence-electron chi connectivity index (χ4n) is 1.78. The van der Waals surface area contributed by atoms with Crippen molar-refractivity contribution < 1.29 is 18.3 Å². The summed E-state index contributed by atoms with van der Waals surface area (Å²) in [7, 11) is -3.87. The highest BCUT2D eigenvalue weighted by molar-refractivity contribution is 7.91. The SMILES string of the molecule is Cc1nc(-c2ccc(S(=O)(=O)N[C@H](C(=O)O)C(C)C)s2)cs1. The van der Waals surface area contributed by atoms with E-state index in [1.165, 1.54) is 17.4 Å². The summed E-state index contributed by atoms with van der Waals surface area (Å²) in [6, 6.07) is 1.99. The van der Waals surface area contributed by atoms with E-state index in [4.69, 9.17) is 5.11 Å². The molecule has 0 aliphatic rings. The van der Waals surface area contributed by atoms with Gasteiger partial charge in [-0.1, -0.05) is 13.8 Å². The quantitative estimate of drug-likeness (QED) is 0.825. The van der Waals surface area contributed by atoms with E-state index >= 15 is 0 Å². The molecule has 22 heavy (non-hydrogen) atoms. The zero-order chi connectivity index (χ0) is 16.5. The van der Waals surface area contributed by atoms with Gasteiger partial charge >= 0.3 is 5.97 Å². The molecule has 9 heteroatoms. The van der Waals surface area contributed by atoms with Gasteiger partial charge in [-0.25, -0.2) is 13.4 Å². The lowest BCUT2D eigenvalue weighted by Crippen LogP contribution is -2.43. The summed E-state index contributed by atoms with van der Waals surface area (Å²) < 4.78 is 27.0. The molecule has 2 aromatic heterocycles. The summed E-state index contributed by atoms with van der Waals surface area (Å²) in [5.74, 6) is -1.54. The minimum Gasteiger partial charge on any atom is -0.480 e. The van der Waals surface area contributed by atoms with Crippen molar-refractivity contribution in [3.8, 4) is 10.6 Å². The summed E-state index contributed by atoms with van der Waals surface area (Å²) in [4.78, 5) is 16.2. The lowest BCUT2D eigenvalue weighted by Gasteiger charge is -2.17. The number of rotatable bonds is 6. The molecule has 2 aromatic rings. The van der Waals surface area contributed by atoms with Gasteiger partial charge < -0.3 is 5.11 Å². The Morgan fingerprint density at radius 1 is 1.36 bits per heavy atom. The van der Waals surface area contributed by atoms with Crippen LogP contribution >= 0.6 is 22.7 Å². The Morgan fingerprint density at radius 2 is 2.05 bits per heavy atom. The molecule has 0 unspecified atom stereocenters. The first-order valence-corrected chi connectivity index (χ1v) is 9.66. The molecular weight excluding hydrogens is 344 g/mol. The molecule has 0 spiro atoms. The number of nitrogens with one attached hydrogen (secondary N) is 1. The number of hydrogen-bond acceptors (Lipinski definition) is 6. The Labute approximate surface area is 136 Å². The number of thiophene rings is 1. The van der Waals surface area contributed by atoms with Crippen molar-refractivity contribution in [1.82, 2.24) is 9.71 Å². The molecule has 2 heterocycles.